The molecule has 8 nitrogen and oxygen atoms in total. The monoisotopic (exact) mass is 514 g/mol. The van der Waals surface area contributed by atoms with Crippen LogP contribution < -0.4 is 9.47 Å². The summed E-state index contributed by atoms with van der Waals surface area (Å²) in [4.78, 5) is 35.3. The van der Waals surface area contributed by atoms with Crippen molar-refractivity contribution in [3.05, 3.63) is 71.0 Å². The molecule has 180 valence electrons. The van der Waals surface area contributed by atoms with Crippen LogP contribution in [0.15, 0.2) is 60.9 Å². The normalized spacial score (nSPS) is 11.3. The van der Waals surface area contributed by atoms with E-state index >= 15 is 0 Å². The summed E-state index contributed by atoms with van der Waals surface area (Å²) in [6.45, 7) is 3.08. The van der Waals surface area contributed by atoms with Crippen molar-refractivity contribution in [2.45, 2.75) is 19.6 Å². The molecule has 0 fully saturated rings. The summed E-state index contributed by atoms with van der Waals surface area (Å²) in [5.41, 5.74) is 0.612. The van der Waals surface area contributed by atoms with Crippen LogP contribution in [-0.4, -0.2) is 40.9 Å². The largest absolute Gasteiger partial charge is 0.460 e. The maximum Gasteiger partial charge on any atom is 0.453 e. The van der Waals surface area contributed by atoms with Gasteiger partial charge < -0.3 is 18.9 Å². The van der Waals surface area contributed by atoms with Crippen LogP contribution in [-0.2, 0) is 19.1 Å². The molecular weight excluding hydrogens is 495 g/mol. The van der Waals surface area contributed by atoms with E-state index in [1.54, 1.807) is 50.2 Å². The molecule has 10 heteroatoms. The van der Waals surface area contributed by atoms with Gasteiger partial charge in [0, 0.05) is 23.2 Å². The van der Waals surface area contributed by atoms with Gasteiger partial charge in [-0.05, 0) is 62.4 Å². The predicted octanol–water partition coefficient (Wildman–Crippen LogP) is 5.37. The third-order valence-corrected chi connectivity index (χ3v) is 5.61. The molecule has 2 aromatic heterocycles. The molecule has 0 aliphatic heterocycles. The van der Waals surface area contributed by atoms with Gasteiger partial charge in [-0.2, -0.15) is 0 Å². The summed E-state index contributed by atoms with van der Waals surface area (Å²) < 4.78 is 22.5. The average molecular weight is 515 g/mol. The first-order valence-corrected chi connectivity index (χ1v) is 11.5. The van der Waals surface area contributed by atoms with Crippen LogP contribution in [0.2, 0.25) is 10.0 Å². The highest BCUT2D eigenvalue weighted by atomic mass is 35.5. The number of esters is 2. The van der Waals surface area contributed by atoms with Gasteiger partial charge in [0.1, 0.15) is 11.0 Å². The lowest BCUT2D eigenvalue weighted by Gasteiger charge is -2.30. The molecule has 0 bridgehead atoms. The molecule has 0 radical (unpaired) electrons. The number of aromatic nitrogens is 2. The Labute approximate surface area is 210 Å². The Morgan fingerprint density at radius 1 is 0.743 bits per heavy atom. The summed E-state index contributed by atoms with van der Waals surface area (Å²) in [6, 6.07) is 12.9. The number of hydrogen-bond acceptors (Lipinski definition) is 8. The maximum atomic E-state index is 13.3. The number of ether oxygens (including phenoxy) is 4. The molecule has 0 spiro atoms. The maximum absolute atomic E-state index is 13.3. The minimum absolute atomic E-state index is 0.0497. The summed E-state index contributed by atoms with van der Waals surface area (Å²) in [5.74, 6) is -4.80. The number of pyridine rings is 2. The Morgan fingerprint density at radius 3 is 1.57 bits per heavy atom. The first-order valence-electron chi connectivity index (χ1n) is 10.7. The topological polar surface area (TPSA) is 96.8 Å². The molecule has 2 aromatic carbocycles. The zero-order chi connectivity index (χ0) is 25.0. The van der Waals surface area contributed by atoms with E-state index in [0.29, 0.717) is 31.9 Å². The Balaban J connectivity index is 1.92. The van der Waals surface area contributed by atoms with Gasteiger partial charge in [-0.15, -0.1) is 0 Å². The smallest absolute Gasteiger partial charge is 0.453 e. The van der Waals surface area contributed by atoms with E-state index in [9.17, 15) is 9.59 Å². The zero-order valence-electron chi connectivity index (χ0n) is 18.8. The standard InChI is InChI=1S/C25H20Cl2N2O6/c1-3-32-23(30)25(24(31)33-4-2,34-19-11-9-17(26)15-7-5-13-28-21(15)19)35-20-12-10-18(27)16-8-6-14-29-22(16)20/h5-14H,3-4H2,1-2H3. The summed E-state index contributed by atoms with van der Waals surface area (Å²) in [7, 11) is 0. The molecular formula is C25H20Cl2N2O6. The highest BCUT2D eigenvalue weighted by Gasteiger charge is 2.56. The van der Waals surface area contributed by atoms with Gasteiger partial charge in [0.05, 0.1) is 23.3 Å². The van der Waals surface area contributed by atoms with Crippen molar-refractivity contribution in [2.75, 3.05) is 13.2 Å². The van der Waals surface area contributed by atoms with Crippen LogP contribution >= 0.6 is 23.2 Å². The third kappa shape index (κ3) is 4.67. The first kappa shape index (κ1) is 24.5. The van der Waals surface area contributed by atoms with Crippen molar-refractivity contribution >= 4 is 56.9 Å². The van der Waals surface area contributed by atoms with Crippen molar-refractivity contribution in [3.8, 4) is 11.5 Å². The molecule has 0 saturated heterocycles. The number of nitrogens with zero attached hydrogens (tertiary/aromatic N) is 2. The number of fused-ring (bicyclic) bond motifs is 2. The Hall–Kier alpha value is -3.62. The Morgan fingerprint density at radius 2 is 1.17 bits per heavy atom. The summed E-state index contributed by atoms with van der Waals surface area (Å²) >= 11 is 12.6. The molecule has 0 aliphatic rings. The fourth-order valence-electron chi connectivity index (χ4n) is 3.42. The van der Waals surface area contributed by atoms with Gasteiger partial charge in [0.2, 0.25) is 0 Å². The van der Waals surface area contributed by atoms with Gasteiger partial charge in [0.25, 0.3) is 0 Å². The minimum Gasteiger partial charge on any atom is -0.460 e. The van der Waals surface area contributed by atoms with E-state index in [1.807, 2.05) is 0 Å². The Bertz CT molecular complexity index is 1300. The fourth-order valence-corrected chi connectivity index (χ4v) is 3.85. The van der Waals surface area contributed by atoms with E-state index in [2.05, 4.69) is 9.97 Å². The van der Waals surface area contributed by atoms with E-state index in [0.717, 1.165) is 0 Å². The first-order chi connectivity index (χ1) is 16.9. The molecule has 0 N–H and O–H groups in total. The van der Waals surface area contributed by atoms with E-state index in [4.69, 9.17) is 42.1 Å². The number of hydrogen-bond donors (Lipinski definition) is 0. The summed E-state index contributed by atoms with van der Waals surface area (Å²) in [6.07, 6.45) is 3.05. The van der Waals surface area contributed by atoms with Crippen molar-refractivity contribution in [3.63, 3.8) is 0 Å². The fraction of sp³-hybridized carbons (Fsp3) is 0.200. The molecule has 0 atom stereocenters. The van der Waals surface area contributed by atoms with Gasteiger partial charge in [0.15, 0.2) is 11.5 Å². The quantitative estimate of drug-likeness (QED) is 0.176. The third-order valence-electron chi connectivity index (χ3n) is 4.95. The molecule has 4 aromatic rings. The SMILES string of the molecule is CCOC(=O)C(Oc1ccc(Cl)c2cccnc12)(Oc1ccc(Cl)c2cccnc12)C(=O)OCC. The van der Waals surface area contributed by atoms with Gasteiger partial charge in [-0.1, -0.05) is 23.2 Å². The van der Waals surface area contributed by atoms with Crippen molar-refractivity contribution in [2.24, 2.45) is 0 Å². The number of rotatable bonds is 8. The lowest BCUT2D eigenvalue weighted by atomic mass is 10.2. The van der Waals surface area contributed by atoms with E-state index in [1.165, 1.54) is 24.5 Å². The molecule has 4 rings (SSSR count). The molecule has 35 heavy (non-hydrogen) atoms. The predicted molar refractivity (Wildman–Crippen MR) is 131 cm³/mol. The van der Waals surface area contributed by atoms with Crippen molar-refractivity contribution in [1.29, 1.82) is 0 Å². The summed E-state index contributed by atoms with van der Waals surface area (Å²) in [5, 5.41) is 1.91. The number of halogens is 2. The number of carbonyl (C=O) groups is 2. The minimum atomic E-state index is -2.68. The highest BCUT2D eigenvalue weighted by Crippen LogP contribution is 2.36. The second-order valence-corrected chi connectivity index (χ2v) is 7.97. The molecule has 0 amide bonds. The van der Waals surface area contributed by atoms with Crippen LogP contribution in [0, 0.1) is 0 Å². The van der Waals surface area contributed by atoms with Crippen LogP contribution in [0.3, 0.4) is 0 Å². The Kier molecular flexibility index (Phi) is 7.23. The second-order valence-electron chi connectivity index (χ2n) is 7.15. The average Bonchev–Trinajstić information content (AvgIpc) is 2.87. The molecule has 2 heterocycles. The highest BCUT2D eigenvalue weighted by molar-refractivity contribution is 6.36. The van der Waals surface area contributed by atoms with Crippen LogP contribution in [0.25, 0.3) is 21.8 Å². The molecule has 0 unspecified atom stereocenters. The van der Waals surface area contributed by atoms with Gasteiger partial charge >= 0.3 is 17.7 Å². The van der Waals surface area contributed by atoms with E-state index < -0.39 is 17.7 Å². The van der Waals surface area contributed by atoms with Crippen LogP contribution in [0.1, 0.15) is 13.8 Å². The van der Waals surface area contributed by atoms with Gasteiger partial charge in [-0.3, -0.25) is 9.97 Å². The van der Waals surface area contributed by atoms with Crippen LogP contribution in [0.5, 0.6) is 11.5 Å². The lowest BCUT2D eigenvalue weighted by Crippen LogP contribution is -2.58. The molecule has 0 saturated carbocycles. The van der Waals surface area contributed by atoms with Crippen LogP contribution in [0.4, 0.5) is 0 Å². The second kappa shape index (κ2) is 10.3. The zero-order valence-corrected chi connectivity index (χ0v) is 20.3. The number of carbonyl (C=O) groups excluding carboxylic acids is 2. The lowest BCUT2D eigenvalue weighted by molar-refractivity contribution is -0.208. The van der Waals surface area contributed by atoms with Gasteiger partial charge in [-0.25, -0.2) is 9.59 Å². The number of benzene rings is 2. The van der Waals surface area contributed by atoms with Crippen molar-refractivity contribution in [1.82, 2.24) is 9.97 Å². The van der Waals surface area contributed by atoms with E-state index in [-0.39, 0.29) is 24.7 Å². The van der Waals surface area contributed by atoms with Crippen molar-refractivity contribution < 1.29 is 28.5 Å². The molecule has 0 aliphatic carbocycles.